The average Bonchev–Trinajstić information content (AvgIpc) is 2.73. The molecule has 0 N–H and O–H groups in total. The number of halogens is 1. The molecule has 2 aromatic rings. The van der Waals surface area contributed by atoms with Crippen molar-refractivity contribution in [1.29, 1.82) is 0 Å². The van der Waals surface area contributed by atoms with E-state index < -0.39 is 0 Å². The van der Waals surface area contributed by atoms with E-state index in [0.717, 1.165) is 10.0 Å². The summed E-state index contributed by atoms with van der Waals surface area (Å²) in [7, 11) is 1.87. The number of nitrogens with zero attached hydrogens (tertiary/aromatic N) is 2. The van der Waals surface area contributed by atoms with Crippen LogP contribution in [0.5, 0.6) is 5.88 Å². The van der Waals surface area contributed by atoms with E-state index in [1.807, 2.05) is 31.4 Å². The van der Waals surface area contributed by atoms with Gasteiger partial charge in [-0.15, -0.1) is 16.9 Å². The van der Waals surface area contributed by atoms with Gasteiger partial charge in [0.05, 0.1) is 0 Å². The highest BCUT2D eigenvalue weighted by atomic mass is 79.9. The second kappa shape index (κ2) is 5.60. The molecule has 0 aliphatic carbocycles. The Morgan fingerprint density at radius 3 is 2.88 bits per heavy atom. The van der Waals surface area contributed by atoms with Crippen molar-refractivity contribution in [1.82, 2.24) is 9.78 Å². The van der Waals surface area contributed by atoms with Crippen LogP contribution in [0.4, 0.5) is 0 Å². The number of aromatic nitrogens is 2. The summed E-state index contributed by atoms with van der Waals surface area (Å²) in [4.78, 5) is 1.22. The minimum absolute atomic E-state index is 0.522. The van der Waals surface area contributed by atoms with Crippen molar-refractivity contribution in [3.63, 3.8) is 0 Å². The lowest BCUT2D eigenvalue weighted by Crippen LogP contribution is -1.99. The van der Waals surface area contributed by atoms with Gasteiger partial charge in [0.25, 0.3) is 0 Å². The van der Waals surface area contributed by atoms with Gasteiger partial charge in [0.2, 0.25) is 5.88 Å². The summed E-state index contributed by atoms with van der Waals surface area (Å²) in [5.41, 5.74) is 1.16. The normalized spacial score (nSPS) is 10.5. The van der Waals surface area contributed by atoms with Gasteiger partial charge in [0, 0.05) is 34.2 Å². The van der Waals surface area contributed by atoms with Crippen molar-refractivity contribution in [2.75, 3.05) is 6.26 Å². The summed E-state index contributed by atoms with van der Waals surface area (Å²) in [6.07, 6.45) is 3.93. The Hall–Kier alpha value is -0.940. The molecule has 1 aromatic carbocycles. The number of thioether (sulfide) groups is 1. The van der Waals surface area contributed by atoms with E-state index in [4.69, 9.17) is 4.74 Å². The van der Waals surface area contributed by atoms with Gasteiger partial charge in [-0.25, -0.2) is 0 Å². The van der Waals surface area contributed by atoms with Crippen LogP contribution in [0.15, 0.2) is 39.8 Å². The maximum atomic E-state index is 5.66. The zero-order chi connectivity index (χ0) is 12.3. The molecule has 3 nitrogen and oxygen atoms in total. The molecular formula is C12H13BrN2OS. The van der Waals surface area contributed by atoms with Crippen molar-refractivity contribution in [2.45, 2.75) is 11.5 Å². The molecule has 5 heteroatoms. The van der Waals surface area contributed by atoms with Crippen molar-refractivity contribution >= 4 is 27.7 Å². The van der Waals surface area contributed by atoms with Crippen LogP contribution < -0.4 is 4.74 Å². The molecule has 1 heterocycles. The summed E-state index contributed by atoms with van der Waals surface area (Å²) in [6, 6.07) is 8.00. The molecular weight excluding hydrogens is 300 g/mol. The third-order valence-corrected chi connectivity index (χ3v) is 3.91. The predicted molar refractivity (Wildman–Crippen MR) is 73.5 cm³/mol. The number of hydrogen-bond donors (Lipinski definition) is 0. The maximum absolute atomic E-state index is 5.66. The van der Waals surface area contributed by atoms with Crippen molar-refractivity contribution < 1.29 is 4.74 Å². The first-order chi connectivity index (χ1) is 8.20. The van der Waals surface area contributed by atoms with Crippen molar-refractivity contribution in [3.05, 3.63) is 40.5 Å². The zero-order valence-electron chi connectivity index (χ0n) is 9.68. The van der Waals surface area contributed by atoms with Crippen LogP contribution in [-0.2, 0) is 13.7 Å². The Balaban J connectivity index is 2.13. The van der Waals surface area contributed by atoms with E-state index in [2.05, 4.69) is 33.4 Å². The molecule has 0 bridgehead atoms. The molecule has 0 spiro atoms. The molecule has 0 saturated carbocycles. The highest BCUT2D eigenvalue weighted by molar-refractivity contribution is 9.10. The molecule has 17 heavy (non-hydrogen) atoms. The van der Waals surface area contributed by atoms with Gasteiger partial charge in [-0.1, -0.05) is 22.0 Å². The molecule has 2 rings (SSSR count). The van der Waals surface area contributed by atoms with Crippen LogP contribution >= 0.6 is 27.7 Å². The fourth-order valence-corrected chi connectivity index (χ4v) is 2.73. The Morgan fingerprint density at radius 1 is 1.41 bits per heavy atom. The molecule has 90 valence electrons. The monoisotopic (exact) mass is 312 g/mol. The highest BCUT2D eigenvalue weighted by Gasteiger charge is 2.07. The number of rotatable bonds is 4. The Bertz CT molecular complexity index is 513. The second-order valence-corrected chi connectivity index (χ2v) is 5.24. The standard InChI is InChI=1S/C12H13BrN2OS/c1-15-7-6-12(14-15)16-8-9-10(13)4-3-5-11(9)17-2/h3-7H,8H2,1-2H3. The minimum atomic E-state index is 0.522. The van der Waals surface area contributed by atoms with Gasteiger partial charge in [0.15, 0.2) is 0 Å². The topological polar surface area (TPSA) is 27.1 Å². The van der Waals surface area contributed by atoms with E-state index in [0.29, 0.717) is 12.5 Å². The SMILES string of the molecule is CSc1cccc(Br)c1COc1ccn(C)n1. The van der Waals surface area contributed by atoms with E-state index in [1.54, 1.807) is 16.4 Å². The lowest BCUT2D eigenvalue weighted by molar-refractivity contribution is 0.287. The molecule has 0 aliphatic heterocycles. The largest absolute Gasteiger partial charge is 0.472 e. The Kier molecular flexibility index (Phi) is 4.12. The van der Waals surface area contributed by atoms with Gasteiger partial charge in [0.1, 0.15) is 6.61 Å². The first-order valence-corrected chi connectivity index (χ1v) is 7.16. The minimum Gasteiger partial charge on any atom is -0.472 e. The zero-order valence-corrected chi connectivity index (χ0v) is 12.1. The first-order valence-electron chi connectivity index (χ1n) is 5.14. The molecule has 1 aromatic heterocycles. The molecule has 0 atom stereocenters. The number of ether oxygens (including phenoxy) is 1. The molecule has 0 unspecified atom stereocenters. The fraction of sp³-hybridized carbons (Fsp3) is 0.250. The summed E-state index contributed by atoms with van der Waals surface area (Å²) in [6.45, 7) is 0.522. The number of benzene rings is 1. The van der Waals surface area contributed by atoms with Crippen LogP contribution in [0.25, 0.3) is 0 Å². The van der Waals surface area contributed by atoms with E-state index in [1.165, 1.54) is 4.90 Å². The summed E-state index contributed by atoms with van der Waals surface area (Å²) >= 11 is 5.26. The van der Waals surface area contributed by atoms with E-state index in [9.17, 15) is 0 Å². The van der Waals surface area contributed by atoms with Gasteiger partial charge in [-0.2, -0.15) is 0 Å². The van der Waals surface area contributed by atoms with Crippen molar-refractivity contribution in [2.24, 2.45) is 7.05 Å². The number of aryl methyl sites for hydroxylation is 1. The fourth-order valence-electron chi connectivity index (χ4n) is 1.49. The quantitative estimate of drug-likeness (QED) is 0.809. The Labute approximate surface area is 113 Å². The molecule has 0 fully saturated rings. The van der Waals surface area contributed by atoms with Crippen LogP contribution in [-0.4, -0.2) is 16.0 Å². The van der Waals surface area contributed by atoms with Gasteiger partial charge in [-0.3, -0.25) is 4.68 Å². The van der Waals surface area contributed by atoms with Crippen LogP contribution in [0.2, 0.25) is 0 Å². The molecule has 0 aliphatic rings. The summed E-state index contributed by atoms with van der Waals surface area (Å²) in [5, 5.41) is 4.18. The summed E-state index contributed by atoms with van der Waals surface area (Å²) in [5.74, 6) is 0.648. The molecule has 0 saturated heterocycles. The Morgan fingerprint density at radius 2 is 2.24 bits per heavy atom. The predicted octanol–water partition coefficient (Wildman–Crippen LogP) is 3.48. The van der Waals surface area contributed by atoms with Gasteiger partial charge >= 0.3 is 0 Å². The first kappa shape index (κ1) is 12.5. The second-order valence-electron chi connectivity index (χ2n) is 3.54. The van der Waals surface area contributed by atoms with E-state index in [-0.39, 0.29) is 0 Å². The van der Waals surface area contributed by atoms with Crippen LogP contribution in [0.1, 0.15) is 5.56 Å². The van der Waals surface area contributed by atoms with E-state index >= 15 is 0 Å². The summed E-state index contributed by atoms with van der Waals surface area (Å²) < 4.78 is 8.46. The maximum Gasteiger partial charge on any atom is 0.233 e. The van der Waals surface area contributed by atoms with Crippen molar-refractivity contribution in [3.8, 4) is 5.88 Å². The average molecular weight is 313 g/mol. The molecule has 0 amide bonds. The van der Waals surface area contributed by atoms with Crippen LogP contribution in [0.3, 0.4) is 0 Å². The third kappa shape index (κ3) is 3.04. The smallest absolute Gasteiger partial charge is 0.233 e. The van der Waals surface area contributed by atoms with Gasteiger partial charge < -0.3 is 4.74 Å². The van der Waals surface area contributed by atoms with Gasteiger partial charge in [-0.05, 0) is 18.4 Å². The lowest BCUT2D eigenvalue weighted by Gasteiger charge is -2.09. The third-order valence-electron chi connectivity index (χ3n) is 2.35. The van der Waals surface area contributed by atoms with Crippen LogP contribution in [0, 0.1) is 0 Å². The molecule has 0 radical (unpaired) electrons. The lowest BCUT2D eigenvalue weighted by atomic mass is 10.2. The number of hydrogen-bond acceptors (Lipinski definition) is 3. The highest BCUT2D eigenvalue weighted by Crippen LogP contribution is 2.28.